The Morgan fingerprint density at radius 2 is 2.00 bits per heavy atom. The summed E-state index contributed by atoms with van der Waals surface area (Å²) in [4.78, 5) is 14.6. The molecule has 0 radical (unpaired) electrons. The van der Waals surface area contributed by atoms with Crippen LogP contribution < -0.4 is 4.90 Å². The molecular formula is C16H16N4. The maximum atomic E-state index is 4.50. The van der Waals surface area contributed by atoms with Crippen molar-refractivity contribution in [2.24, 2.45) is 0 Å². The van der Waals surface area contributed by atoms with E-state index in [0.29, 0.717) is 0 Å². The maximum Gasteiger partial charge on any atom is 0.156 e. The number of hydrogen-bond acceptors (Lipinski definition) is 3. The predicted molar refractivity (Wildman–Crippen MR) is 79.8 cm³/mol. The van der Waals surface area contributed by atoms with Gasteiger partial charge in [-0.2, -0.15) is 0 Å². The molecule has 4 heteroatoms. The van der Waals surface area contributed by atoms with Gasteiger partial charge < -0.3 is 9.88 Å². The summed E-state index contributed by atoms with van der Waals surface area (Å²) in [5, 5.41) is 0. The standard InChI is InChI=1S/C16H16N4/c1-11-8-14-15(19-11)16(18-10-17-14)20-7-6-12-4-2-3-5-13(12)9-20/h2-5,8,10,19H,6-7,9H2,1H3. The van der Waals surface area contributed by atoms with E-state index in [-0.39, 0.29) is 0 Å². The molecule has 0 spiro atoms. The monoisotopic (exact) mass is 264 g/mol. The summed E-state index contributed by atoms with van der Waals surface area (Å²) < 4.78 is 0. The van der Waals surface area contributed by atoms with Crippen molar-refractivity contribution in [3.05, 3.63) is 53.5 Å². The Kier molecular flexibility index (Phi) is 2.49. The summed E-state index contributed by atoms with van der Waals surface area (Å²) in [6.07, 6.45) is 2.73. The first-order valence-corrected chi connectivity index (χ1v) is 6.93. The molecular weight excluding hydrogens is 248 g/mol. The van der Waals surface area contributed by atoms with Gasteiger partial charge in [-0.05, 0) is 30.5 Å². The molecule has 0 atom stereocenters. The van der Waals surface area contributed by atoms with E-state index in [1.807, 2.05) is 0 Å². The molecule has 0 aliphatic carbocycles. The van der Waals surface area contributed by atoms with Gasteiger partial charge in [0.1, 0.15) is 11.8 Å². The number of H-pyrrole nitrogens is 1. The van der Waals surface area contributed by atoms with Crippen LogP contribution in [0.4, 0.5) is 5.82 Å². The number of aryl methyl sites for hydroxylation is 1. The number of fused-ring (bicyclic) bond motifs is 2. The third-order valence-corrected chi connectivity index (χ3v) is 3.96. The van der Waals surface area contributed by atoms with Crippen molar-refractivity contribution in [3.8, 4) is 0 Å². The number of nitrogens with one attached hydrogen (secondary N) is 1. The highest BCUT2D eigenvalue weighted by molar-refractivity contribution is 5.86. The summed E-state index contributed by atoms with van der Waals surface area (Å²) in [5.41, 5.74) is 6.01. The normalized spacial score (nSPS) is 14.6. The molecule has 4 rings (SSSR count). The van der Waals surface area contributed by atoms with E-state index in [0.717, 1.165) is 42.1 Å². The van der Waals surface area contributed by atoms with Gasteiger partial charge in [-0.3, -0.25) is 0 Å². The zero-order chi connectivity index (χ0) is 13.5. The summed E-state index contributed by atoms with van der Waals surface area (Å²) in [5.74, 6) is 1.01. The Morgan fingerprint density at radius 3 is 2.90 bits per heavy atom. The van der Waals surface area contributed by atoms with Crippen LogP contribution >= 0.6 is 0 Å². The fourth-order valence-corrected chi connectivity index (χ4v) is 2.97. The second kappa shape index (κ2) is 4.34. The van der Waals surface area contributed by atoms with Gasteiger partial charge in [0.25, 0.3) is 0 Å². The van der Waals surface area contributed by atoms with Crippen LogP contribution in [0.2, 0.25) is 0 Å². The summed E-state index contributed by atoms with van der Waals surface area (Å²) in [6.45, 7) is 3.97. The van der Waals surface area contributed by atoms with E-state index in [2.05, 4.69) is 57.1 Å². The number of aromatic nitrogens is 3. The van der Waals surface area contributed by atoms with Crippen LogP contribution in [-0.4, -0.2) is 21.5 Å². The molecule has 4 nitrogen and oxygen atoms in total. The van der Waals surface area contributed by atoms with E-state index >= 15 is 0 Å². The molecule has 20 heavy (non-hydrogen) atoms. The molecule has 1 N–H and O–H groups in total. The molecule has 100 valence electrons. The molecule has 0 saturated heterocycles. The van der Waals surface area contributed by atoms with Crippen LogP contribution in [0.15, 0.2) is 36.7 Å². The fraction of sp³-hybridized carbons (Fsp3) is 0.250. The Morgan fingerprint density at radius 1 is 1.15 bits per heavy atom. The highest BCUT2D eigenvalue weighted by Crippen LogP contribution is 2.27. The van der Waals surface area contributed by atoms with Crippen LogP contribution in [0.3, 0.4) is 0 Å². The summed E-state index contributed by atoms with van der Waals surface area (Å²) >= 11 is 0. The molecule has 0 saturated carbocycles. The smallest absolute Gasteiger partial charge is 0.156 e. The molecule has 3 heterocycles. The molecule has 1 aliphatic rings. The van der Waals surface area contributed by atoms with E-state index in [4.69, 9.17) is 0 Å². The lowest BCUT2D eigenvalue weighted by atomic mass is 10.00. The number of nitrogens with zero attached hydrogens (tertiary/aromatic N) is 3. The minimum Gasteiger partial charge on any atom is -0.354 e. The molecule has 1 aliphatic heterocycles. The predicted octanol–water partition coefficient (Wildman–Crippen LogP) is 2.83. The zero-order valence-electron chi connectivity index (χ0n) is 11.4. The minimum atomic E-state index is 0.917. The van der Waals surface area contributed by atoms with Crippen molar-refractivity contribution >= 4 is 16.9 Å². The third kappa shape index (κ3) is 1.76. The van der Waals surface area contributed by atoms with Gasteiger partial charge in [0.15, 0.2) is 5.82 Å². The lowest BCUT2D eigenvalue weighted by Gasteiger charge is -2.29. The molecule has 0 bridgehead atoms. The van der Waals surface area contributed by atoms with E-state index in [1.165, 1.54) is 11.1 Å². The topological polar surface area (TPSA) is 44.8 Å². The molecule has 0 fully saturated rings. The first-order chi connectivity index (χ1) is 9.81. The second-order valence-electron chi connectivity index (χ2n) is 5.35. The molecule has 1 aromatic carbocycles. The molecule has 2 aromatic heterocycles. The van der Waals surface area contributed by atoms with Crippen LogP contribution in [-0.2, 0) is 13.0 Å². The van der Waals surface area contributed by atoms with Crippen molar-refractivity contribution in [3.63, 3.8) is 0 Å². The largest absolute Gasteiger partial charge is 0.354 e. The molecule has 0 amide bonds. The quantitative estimate of drug-likeness (QED) is 0.735. The van der Waals surface area contributed by atoms with Crippen LogP contribution in [0.5, 0.6) is 0 Å². The molecule has 0 unspecified atom stereocenters. The fourth-order valence-electron chi connectivity index (χ4n) is 2.97. The second-order valence-corrected chi connectivity index (χ2v) is 5.35. The highest BCUT2D eigenvalue weighted by Gasteiger charge is 2.19. The number of rotatable bonds is 1. The van der Waals surface area contributed by atoms with E-state index in [1.54, 1.807) is 6.33 Å². The summed E-state index contributed by atoms with van der Waals surface area (Å²) in [7, 11) is 0. The average Bonchev–Trinajstić information content (AvgIpc) is 2.86. The van der Waals surface area contributed by atoms with Gasteiger partial charge in [-0.1, -0.05) is 24.3 Å². The Balaban J connectivity index is 1.78. The number of anilines is 1. The van der Waals surface area contributed by atoms with Crippen LogP contribution in [0.1, 0.15) is 16.8 Å². The lowest BCUT2D eigenvalue weighted by molar-refractivity contribution is 0.722. The van der Waals surface area contributed by atoms with Gasteiger partial charge in [0.05, 0.1) is 5.52 Å². The first kappa shape index (κ1) is 11.5. The number of benzene rings is 1. The Labute approximate surface area is 117 Å². The average molecular weight is 264 g/mol. The lowest BCUT2D eigenvalue weighted by Crippen LogP contribution is -2.31. The van der Waals surface area contributed by atoms with Crippen molar-refractivity contribution in [1.29, 1.82) is 0 Å². The number of aromatic amines is 1. The number of hydrogen-bond donors (Lipinski definition) is 1. The molecule has 3 aromatic rings. The highest BCUT2D eigenvalue weighted by atomic mass is 15.2. The maximum absolute atomic E-state index is 4.50. The van der Waals surface area contributed by atoms with Crippen LogP contribution in [0, 0.1) is 6.92 Å². The SMILES string of the molecule is Cc1cc2ncnc(N3CCc4ccccc4C3)c2[nH]1. The first-order valence-electron chi connectivity index (χ1n) is 6.93. The Hall–Kier alpha value is -2.36. The van der Waals surface area contributed by atoms with Crippen molar-refractivity contribution in [2.75, 3.05) is 11.4 Å². The minimum absolute atomic E-state index is 0.917. The van der Waals surface area contributed by atoms with Crippen molar-refractivity contribution in [1.82, 2.24) is 15.0 Å². The van der Waals surface area contributed by atoms with Gasteiger partial charge in [0, 0.05) is 18.8 Å². The van der Waals surface area contributed by atoms with Gasteiger partial charge in [0.2, 0.25) is 0 Å². The van der Waals surface area contributed by atoms with Crippen molar-refractivity contribution in [2.45, 2.75) is 19.9 Å². The van der Waals surface area contributed by atoms with Gasteiger partial charge in [-0.15, -0.1) is 0 Å². The van der Waals surface area contributed by atoms with Crippen molar-refractivity contribution < 1.29 is 0 Å². The van der Waals surface area contributed by atoms with E-state index < -0.39 is 0 Å². The zero-order valence-corrected chi connectivity index (χ0v) is 11.4. The third-order valence-electron chi connectivity index (χ3n) is 3.96. The summed E-state index contributed by atoms with van der Waals surface area (Å²) in [6, 6.07) is 10.7. The van der Waals surface area contributed by atoms with Gasteiger partial charge >= 0.3 is 0 Å². The Bertz CT molecular complexity index is 775. The van der Waals surface area contributed by atoms with E-state index in [9.17, 15) is 0 Å². The van der Waals surface area contributed by atoms with Gasteiger partial charge in [-0.25, -0.2) is 9.97 Å². The van der Waals surface area contributed by atoms with Crippen LogP contribution in [0.25, 0.3) is 11.0 Å².